The van der Waals surface area contributed by atoms with Crippen LogP contribution in [0, 0.1) is 0 Å². The van der Waals surface area contributed by atoms with Crippen molar-refractivity contribution in [2.24, 2.45) is 7.05 Å². The predicted molar refractivity (Wildman–Crippen MR) is 63.9 cm³/mol. The number of rotatable bonds is 3. The smallest absolute Gasteiger partial charge is 0.303 e. The van der Waals surface area contributed by atoms with Crippen LogP contribution in [-0.2, 0) is 20.0 Å². The molecular formula is C12H13N3O2. The Bertz CT molecular complexity index is 614. The summed E-state index contributed by atoms with van der Waals surface area (Å²) in [6.45, 7) is 0.373. The maximum atomic E-state index is 11.7. The van der Waals surface area contributed by atoms with Gasteiger partial charge in [-0.2, -0.15) is 0 Å². The van der Waals surface area contributed by atoms with Gasteiger partial charge in [-0.3, -0.25) is 14.3 Å². The summed E-state index contributed by atoms with van der Waals surface area (Å²) in [4.78, 5) is 27.3. The Morgan fingerprint density at radius 1 is 1.29 bits per heavy atom. The van der Waals surface area contributed by atoms with Crippen LogP contribution in [-0.4, -0.2) is 14.1 Å². The molecule has 0 fully saturated rings. The minimum absolute atomic E-state index is 0.267. The Morgan fingerprint density at radius 2 is 2.12 bits per heavy atom. The molecule has 0 aliphatic heterocycles. The lowest BCUT2D eigenvalue weighted by molar-refractivity contribution is 0.589. The van der Waals surface area contributed by atoms with Crippen molar-refractivity contribution in [1.82, 2.24) is 14.1 Å². The molecule has 0 saturated heterocycles. The van der Waals surface area contributed by atoms with E-state index in [1.807, 2.05) is 12.1 Å². The second kappa shape index (κ2) is 4.78. The molecule has 2 aromatic heterocycles. The van der Waals surface area contributed by atoms with Crippen molar-refractivity contribution in [2.45, 2.75) is 13.0 Å². The van der Waals surface area contributed by atoms with E-state index in [2.05, 4.69) is 4.98 Å². The summed E-state index contributed by atoms with van der Waals surface area (Å²) >= 11 is 0. The van der Waals surface area contributed by atoms with Gasteiger partial charge in [-0.25, -0.2) is 4.79 Å². The quantitative estimate of drug-likeness (QED) is 0.757. The molecule has 0 atom stereocenters. The number of hydrogen-bond donors (Lipinski definition) is 0. The fraction of sp³-hybridized carbons (Fsp3) is 0.250. The van der Waals surface area contributed by atoms with E-state index in [9.17, 15) is 9.59 Å². The number of aromatic nitrogens is 3. The van der Waals surface area contributed by atoms with Gasteiger partial charge in [0.25, 0.3) is 5.56 Å². The highest BCUT2D eigenvalue weighted by Crippen LogP contribution is 1.97. The zero-order valence-corrected chi connectivity index (χ0v) is 9.54. The third-order valence-corrected chi connectivity index (χ3v) is 2.59. The molecular weight excluding hydrogens is 218 g/mol. The standard InChI is InChI=1S/C12H13N3O2/c1-14-7-5-11(16)15(12(14)17)8-4-10-3-2-6-13-9-10/h2-3,5-7,9H,4,8H2,1H3. The van der Waals surface area contributed by atoms with Gasteiger partial charge in [-0.15, -0.1) is 0 Å². The molecule has 0 radical (unpaired) electrons. The Labute approximate surface area is 98.0 Å². The first-order chi connectivity index (χ1) is 8.18. The summed E-state index contributed by atoms with van der Waals surface area (Å²) in [5.41, 5.74) is 0.448. The van der Waals surface area contributed by atoms with E-state index in [1.54, 1.807) is 19.4 Å². The summed E-state index contributed by atoms with van der Waals surface area (Å²) < 4.78 is 2.62. The molecule has 0 aliphatic carbocycles. The van der Waals surface area contributed by atoms with Crippen LogP contribution in [0.4, 0.5) is 0 Å². The van der Waals surface area contributed by atoms with Gasteiger partial charge in [0, 0.05) is 38.2 Å². The first kappa shape index (κ1) is 11.3. The summed E-state index contributed by atoms with van der Waals surface area (Å²) in [6, 6.07) is 5.15. The Balaban J connectivity index is 2.23. The van der Waals surface area contributed by atoms with Crippen LogP contribution in [0.25, 0.3) is 0 Å². The molecule has 0 N–H and O–H groups in total. The average molecular weight is 231 g/mol. The molecule has 0 amide bonds. The second-order valence-corrected chi connectivity index (χ2v) is 3.81. The molecule has 2 aromatic rings. The van der Waals surface area contributed by atoms with Crippen LogP contribution in [0.1, 0.15) is 5.56 Å². The fourth-order valence-electron chi connectivity index (χ4n) is 1.61. The van der Waals surface area contributed by atoms with E-state index >= 15 is 0 Å². The van der Waals surface area contributed by atoms with E-state index < -0.39 is 0 Å². The van der Waals surface area contributed by atoms with Gasteiger partial charge in [-0.05, 0) is 18.1 Å². The van der Waals surface area contributed by atoms with Crippen LogP contribution < -0.4 is 11.2 Å². The highest BCUT2D eigenvalue weighted by molar-refractivity contribution is 5.08. The second-order valence-electron chi connectivity index (χ2n) is 3.81. The van der Waals surface area contributed by atoms with Crippen molar-refractivity contribution in [3.05, 3.63) is 63.2 Å². The largest absolute Gasteiger partial charge is 0.330 e. The summed E-state index contributed by atoms with van der Waals surface area (Å²) in [5.74, 6) is 0. The summed E-state index contributed by atoms with van der Waals surface area (Å²) in [5, 5.41) is 0. The molecule has 0 saturated carbocycles. The van der Waals surface area contributed by atoms with Gasteiger partial charge in [-0.1, -0.05) is 6.07 Å². The number of nitrogens with zero attached hydrogens (tertiary/aromatic N) is 3. The molecule has 0 unspecified atom stereocenters. The maximum absolute atomic E-state index is 11.7. The summed E-state index contributed by atoms with van der Waals surface area (Å²) in [7, 11) is 1.63. The third kappa shape index (κ3) is 2.50. The zero-order chi connectivity index (χ0) is 12.3. The van der Waals surface area contributed by atoms with Crippen molar-refractivity contribution in [1.29, 1.82) is 0 Å². The molecule has 5 nitrogen and oxygen atoms in total. The van der Waals surface area contributed by atoms with Crippen LogP contribution in [0.5, 0.6) is 0 Å². The first-order valence-corrected chi connectivity index (χ1v) is 5.34. The molecule has 88 valence electrons. The highest BCUT2D eigenvalue weighted by Gasteiger charge is 2.02. The fourth-order valence-corrected chi connectivity index (χ4v) is 1.61. The molecule has 0 aromatic carbocycles. The van der Waals surface area contributed by atoms with Crippen LogP contribution >= 0.6 is 0 Å². The van der Waals surface area contributed by atoms with Crippen molar-refractivity contribution in [3.8, 4) is 0 Å². The molecule has 0 spiro atoms. The van der Waals surface area contributed by atoms with E-state index in [0.717, 1.165) is 5.56 Å². The van der Waals surface area contributed by atoms with Crippen LogP contribution in [0.2, 0.25) is 0 Å². The van der Waals surface area contributed by atoms with Gasteiger partial charge >= 0.3 is 5.69 Å². The van der Waals surface area contributed by atoms with Crippen molar-refractivity contribution < 1.29 is 0 Å². The van der Waals surface area contributed by atoms with Crippen molar-refractivity contribution in [2.75, 3.05) is 0 Å². The first-order valence-electron chi connectivity index (χ1n) is 5.34. The number of hydrogen-bond acceptors (Lipinski definition) is 3. The van der Waals surface area contributed by atoms with E-state index in [1.165, 1.54) is 21.4 Å². The Morgan fingerprint density at radius 3 is 2.82 bits per heavy atom. The topological polar surface area (TPSA) is 56.9 Å². The van der Waals surface area contributed by atoms with Crippen molar-refractivity contribution in [3.63, 3.8) is 0 Å². The minimum atomic E-state index is -0.290. The zero-order valence-electron chi connectivity index (χ0n) is 9.54. The number of aryl methyl sites for hydroxylation is 2. The van der Waals surface area contributed by atoms with Gasteiger partial charge in [0.2, 0.25) is 0 Å². The van der Waals surface area contributed by atoms with Gasteiger partial charge in [0.1, 0.15) is 0 Å². The maximum Gasteiger partial charge on any atom is 0.330 e. The Kier molecular flexibility index (Phi) is 3.18. The molecule has 0 aliphatic rings. The van der Waals surface area contributed by atoms with E-state index in [-0.39, 0.29) is 11.2 Å². The van der Waals surface area contributed by atoms with E-state index in [4.69, 9.17) is 0 Å². The van der Waals surface area contributed by atoms with Gasteiger partial charge in [0.05, 0.1) is 0 Å². The van der Waals surface area contributed by atoms with Gasteiger partial charge < -0.3 is 4.57 Å². The highest BCUT2D eigenvalue weighted by atomic mass is 16.2. The predicted octanol–water partition coefficient (Wildman–Crippen LogP) is 0.185. The molecule has 2 heterocycles. The Hall–Kier alpha value is -2.17. The lowest BCUT2D eigenvalue weighted by Crippen LogP contribution is -2.38. The van der Waals surface area contributed by atoms with Crippen LogP contribution in [0.15, 0.2) is 46.4 Å². The summed E-state index contributed by atoms with van der Waals surface area (Å²) in [6.07, 6.45) is 5.52. The van der Waals surface area contributed by atoms with Crippen LogP contribution in [0.3, 0.4) is 0 Å². The van der Waals surface area contributed by atoms with Crippen molar-refractivity contribution >= 4 is 0 Å². The van der Waals surface area contributed by atoms with E-state index in [0.29, 0.717) is 13.0 Å². The molecule has 2 rings (SSSR count). The monoisotopic (exact) mass is 231 g/mol. The lowest BCUT2D eigenvalue weighted by Gasteiger charge is -2.06. The molecule has 17 heavy (non-hydrogen) atoms. The normalized spacial score (nSPS) is 10.4. The average Bonchev–Trinajstić information content (AvgIpc) is 2.35. The number of pyridine rings is 1. The minimum Gasteiger partial charge on any atom is -0.303 e. The molecule has 0 bridgehead atoms. The lowest BCUT2D eigenvalue weighted by atomic mass is 10.2. The SMILES string of the molecule is Cn1ccc(=O)n(CCc2cccnc2)c1=O. The van der Waals surface area contributed by atoms with Gasteiger partial charge in [0.15, 0.2) is 0 Å². The third-order valence-electron chi connectivity index (χ3n) is 2.59. The molecule has 5 heteroatoms.